The van der Waals surface area contributed by atoms with Gasteiger partial charge in [-0.2, -0.15) is 0 Å². The van der Waals surface area contributed by atoms with Crippen molar-refractivity contribution < 1.29 is 9.59 Å². The van der Waals surface area contributed by atoms with E-state index in [9.17, 15) is 9.59 Å². The Morgan fingerprint density at radius 2 is 1.90 bits per heavy atom. The number of piperazine rings is 1. The van der Waals surface area contributed by atoms with Crippen molar-refractivity contribution in [3.05, 3.63) is 0 Å². The Hall–Kier alpha value is -1.06. The maximum Gasteiger partial charge on any atom is 0.246 e. The van der Waals surface area contributed by atoms with Gasteiger partial charge in [0.2, 0.25) is 11.8 Å². The Balaban J connectivity index is 2.15. The number of nitrogens with zero attached hydrogens (tertiary/aromatic N) is 1. The molecular weight excluding hydrogens is 252 g/mol. The minimum absolute atomic E-state index is 0.0644. The highest BCUT2D eigenvalue weighted by Gasteiger charge is 2.48. The van der Waals surface area contributed by atoms with Crippen molar-refractivity contribution in [2.75, 3.05) is 6.54 Å². The molecule has 2 aliphatic rings. The molecule has 1 aliphatic carbocycles. The molecule has 0 bridgehead atoms. The predicted molar refractivity (Wildman–Crippen MR) is 79.1 cm³/mol. The maximum absolute atomic E-state index is 12.7. The second-order valence-electron chi connectivity index (χ2n) is 6.90. The van der Waals surface area contributed by atoms with Crippen LogP contribution >= 0.6 is 0 Å². The summed E-state index contributed by atoms with van der Waals surface area (Å²) in [5, 5.41) is 2.94. The zero-order valence-corrected chi connectivity index (χ0v) is 13.2. The van der Waals surface area contributed by atoms with Crippen molar-refractivity contribution in [2.24, 2.45) is 17.8 Å². The van der Waals surface area contributed by atoms with E-state index in [1.54, 1.807) is 0 Å². The zero-order chi connectivity index (χ0) is 14.9. The van der Waals surface area contributed by atoms with Gasteiger partial charge in [0, 0.05) is 6.54 Å². The molecule has 114 valence electrons. The summed E-state index contributed by atoms with van der Waals surface area (Å²) in [6.07, 6.45) is 4.39. The molecule has 0 aromatic carbocycles. The molecule has 1 saturated heterocycles. The van der Waals surface area contributed by atoms with Gasteiger partial charge in [0.05, 0.1) is 0 Å². The van der Waals surface area contributed by atoms with Crippen LogP contribution in [0.5, 0.6) is 0 Å². The molecule has 0 aromatic heterocycles. The van der Waals surface area contributed by atoms with E-state index in [2.05, 4.69) is 19.2 Å². The topological polar surface area (TPSA) is 49.4 Å². The molecule has 20 heavy (non-hydrogen) atoms. The zero-order valence-electron chi connectivity index (χ0n) is 13.2. The van der Waals surface area contributed by atoms with Gasteiger partial charge < -0.3 is 10.2 Å². The molecule has 2 fully saturated rings. The SMILES string of the molecule is CCCC(C)CN1C(=O)C(C(C)C)NC(=O)C1C1CC1. The van der Waals surface area contributed by atoms with Gasteiger partial charge in [0.15, 0.2) is 0 Å². The predicted octanol–water partition coefficient (Wildman–Crippen LogP) is 2.18. The number of hydrogen-bond acceptors (Lipinski definition) is 2. The highest BCUT2D eigenvalue weighted by atomic mass is 16.2. The third-order valence-corrected chi connectivity index (χ3v) is 4.48. The number of carbonyl (C=O) groups excluding carboxylic acids is 2. The van der Waals surface area contributed by atoms with Gasteiger partial charge >= 0.3 is 0 Å². The van der Waals surface area contributed by atoms with Crippen molar-refractivity contribution in [1.82, 2.24) is 10.2 Å². The Labute approximate surface area is 122 Å². The molecule has 0 radical (unpaired) electrons. The summed E-state index contributed by atoms with van der Waals surface area (Å²) in [5.74, 6) is 1.19. The minimum atomic E-state index is -0.341. The lowest BCUT2D eigenvalue weighted by Gasteiger charge is -2.41. The highest BCUT2D eigenvalue weighted by Crippen LogP contribution is 2.37. The van der Waals surface area contributed by atoms with E-state index in [1.165, 1.54) is 0 Å². The van der Waals surface area contributed by atoms with Crippen LogP contribution in [0.15, 0.2) is 0 Å². The van der Waals surface area contributed by atoms with Crippen molar-refractivity contribution in [3.63, 3.8) is 0 Å². The molecule has 0 aromatic rings. The van der Waals surface area contributed by atoms with E-state index in [1.807, 2.05) is 18.7 Å². The fourth-order valence-electron chi connectivity index (χ4n) is 3.21. The van der Waals surface area contributed by atoms with Gasteiger partial charge in [-0.1, -0.05) is 34.1 Å². The van der Waals surface area contributed by atoms with E-state index in [0.29, 0.717) is 11.8 Å². The van der Waals surface area contributed by atoms with Gasteiger partial charge in [0.25, 0.3) is 0 Å². The monoisotopic (exact) mass is 280 g/mol. The lowest BCUT2D eigenvalue weighted by Crippen LogP contribution is -2.65. The summed E-state index contributed by atoms with van der Waals surface area (Å²) in [6, 6.07) is -0.553. The molecule has 4 nitrogen and oxygen atoms in total. The van der Waals surface area contributed by atoms with Gasteiger partial charge in [-0.25, -0.2) is 0 Å². The van der Waals surface area contributed by atoms with Gasteiger partial charge in [-0.05, 0) is 37.0 Å². The second kappa shape index (κ2) is 6.15. The number of carbonyl (C=O) groups is 2. The second-order valence-corrected chi connectivity index (χ2v) is 6.90. The Morgan fingerprint density at radius 3 is 2.40 bits per heavy atom. The molecule has 1 N–H and O–H groups in total. The quantitative estimate of drug-likeness (QED) is 0.811. The van der Waals surface area contributed by atoms with Crippen LogP contribution in [0.25, 0.3) is 0 Å². The lowest BCUT2D eigenvalue weighted by molar-refractivity contribution is -0.152. The summed E-state index contributed by atoms with van der Waals surface area (Å²) in [5.41, 5.74) is 0. The first kappa shape index (κ1) is 15.3. The van der Waals surface area contributed by atoms with E-state index in [4.69, 9.17) is 0 Å². The van der Waals surface area contributed by atoms with Crippen LogP contribution in [0, 0.1) is 17.8 Å². The highest BCUT2D eigenvalue weighted by molar-refractivity contribution is 5.97. The number of hydrogen-bond donors (Lipinski definition) is 1. The van der Waals surface area contributed by atoms with Crippen LogP contribution in [0.3, 0.4) is 0 Å². The molecule has 0 spiro atoms. The van der Waals surface area contributed by atoms with Crippen LogP contribution < -0.4 is 5.32 Å². The van der Waals surface area contributed by atoms with Crippen LogP contribution in [-0.2, 0) is 9.59 Å². The maximum atomic E-state index is 12.7. The smallest absolute Gasteiger partial charge is 0.246 e. The Kier molecular flexibility index (Phi) is 4.71. The first-order chi connectivity index (χ1) is 9.45. The number of rotatable bonds is 6. The fraction of sp³-hybridized carbons (Fsp3) is 0.875. The first-order valence-corrected chi connectivity index (χ1v) is 8.06. The lowest BCUT2D eigenvalue weighted by atomic mass is 9.94. The summed E-state index contributed by atoms with van der Waals surface area (Å²) in [6.45, 7) is 9.06. The van der Waals surface area contributed by atoms with Crippen LogP contribution in [-0.4, -0.2) is 35.3 Å². The van der Waals surface area contributed by atoms with E-state index < -0.39 is 0 Å². The number of amides is 2. The molecule has 3 unspecified atom stereocenters. The molecule has 2 rings (SSSR count). The van der Waals surface area contributed by atoms with Gasteiger partial charge in [-0.15, -0.1) is 0 Å². The van der Waals surface area contributed by atoms with Crippen molar-refractivity contribution in [3.8, 4) is 0 Å². The first-order valence-electron chi connectivity index (χ1n) is 8.06. The van der Waals surface area contributed by atoms with Crippen molar-refractivity contribution >= 4 is 11.8 Å². The van der Waals surface area contributed by atoms with E-state index in [-0.39, 0.29) is 29.8 Å². The van der Waals surface area contributed by atoms with Crippen LogP contribution in [0.1, 0.15) is 53.4 Å². The summed E-state index contributed by atoms with van der Waals surface area (Å²) in [7, 11) is 0. The summed E-state index contributed by atoms with van der Waals surface area (Å²) < 4.78 is 0. The van der Waals surface area contributed by atoms with Crippen LogP contribution in [0.4, 0.5) is 0 Å². The minimum Gasteiger partial charge on any atom is -0.342 e. The molecule has 1 saturated carbocycles. The van der Waals surface area contributed by atoms with E-state index >= 15 is 0 Å². The molecule has 3 atom stereocenters. The summed E-state index contributed by atoms with van der Waals surface area (Å²) >= 11 is 0. The van der Waals surface area contributed by atoms with E-state index in [0.717, 1.165) is 32.2 Å². The third-order valence-electron chi connectivity index (χ3n) is 4.48. The van der Waals surface area contributed by atoms with Gasteiger partial charge in [0.1, 0.15) is 12.1 Å². The molecule has 2 amide bonds. The summed E-state index contributed by atoms with van der Waals surface area (Å²) in [4.78, 5) is 27.0. The van der Waals surface area contributed by atoms with Crippen molar-refractivity contribution in [2.45, 2.75) is 65.5 Å². The average molecular weight is 280 g/mol. The normalized spacial score (nSPS) is 28.8. The number of nitrogens with one attached hydrogen (secondary N) is 1. The van der Waals surface area contributed by atoms with Crippen molar-refractivity contribution in [1.29, 1.82) is 0 Å². The fourth-order valence-corrected chi connectivity index (χ4v) is 3.21. The molecule has 1 aliphatic heterocycles. The molecule has 4 heteroatoms. The Morgan fingerprint density at radius 1 is 1.25 bits per heavy atom. The molecule has 1 heterocycles. The largest absolute Gasteiger partial charge is 0.342 e. The average Bonchev–Trinajstić information content (AvgIpc) is 3.17. The van der Waals surface area contributed by atoms with Gasteiger partial charge in [-0.3, -0.25) is 9.59 Å². The molecular formula is C16H28N2O2. The Bertz CT molecular complexity index is 377. The van der Waals surface area contributed by atoms with Crippen LogP contribution in [0.2, 0.25) is 0 Å². The third kappa shape index (κ3) is 3.15. The standard InChI is InChI=1S/C16H28N2O2/c1-5-6-11(4)9-18-14(12-7-8-12)15(19)17-13(10(2)3)16(18)20/h10-14H,5-9H2,1-4H3,(H,17,19).